The smallest absolute Gasteiger partial charge is 0.166 e. The maximum Gasteiger partial charge on any atom is 0.166 e. The van der Waals surface area contributed by atoms with Crippen molar-refractivity contribution >= 4 is 0 Å². The van der Waals surface area contributed by atoms with Crippen LogP contribution in [0.4, 0.5) is 13.2 Å². The minimum Gasteiger partial charge on any atom is -0.376 e. The van der Waals surface area contributed by atoms with Crippen LogP contribution in [0.5, 0.6) is 0 Å². The Balaban J connectivity index is 1.65. The Bertz CT molecular complexity index is 845. The second kappa shape index (κ2) is 11.7. The van der Waals surface area contributed by atoms with E-state index >= 15 is 0 Å². The van der Waals surface area contributed by atoms with E-state index in [0.717, 1.165) is 45.1 Å². The largest absolute Gasteiger partial charge is 0.376 e. The highest BCUT2D eigenvalue weighted by molar-refractivity contribution is 5.65. The molecule has 31 heavy (non-hydrogen) atoms. The highest BCUT2D eigenvalue weighted by atomic mass is 19.2. The Morgan fingerprint density at radius 2 is 1.74 bits per heavy atom. The molecule has 1 aliphatic rings. The SMILES string of the molecule is CCCCCOC1CCC(c2ccc(-c3ccc(CCCC)c(F)c3F)cc2F)OC1. The molecule has 1 saturated heterocycles. The van der Waals surface area contributed by atoms with Gasteiger partial charge in [0.25, 0.3) is 0 Å². The van der Waals surface area contributed by atoms with E-state index in [-0.39, 0.29) is 17.8 Å². The molecule has 5 heteroatoms. The number of halogens is 3. The van der Waals surface area contributed by atoms with E-state index in [2.05, 4.69) is 6.92 Å². The van der Waals surface area contributed by atoms with E-state index < -0.39 is 17.5 Å². The third-order valence-electron chi connectivity index (χ3n) is 5.96. The lowest BCUT2D eigenvalue weighted by Crippen LogP contribution is -2.28. The van der Waals surface area contributed by atoms with Gasteiger partial charge in [-0.05, 0) is 49.3 Å². The number of unbranched alkanes of at least 4 members (excludes halogenated alkanes) is 3. The van der Waals surface area contributed by atoms with Gasteiger partial charge >= 0.3 is 0 Å². The van der Waals surface area contributed by atoms with Crippen molar-refractivity contribution in [1.29, 1.82) is 0 Å². The second-order valence-electron chi connectivity index (χ2n) is 8.34. The van der Waals surface area contributed by atoms with Crippen LogP contribution >= 0.6 is 0 Å². The molecule has 2 unspecified atom stereocenters. The van der Waals surface area contributed by atoms with Crippen molar-refractivity contribution in [2.45, 2.75) is 77.4 Å². The molecule has 2 aromatic rings. The molecule has 0 saturated carbocycles. The molecule has 2 nitrogen and oxygen atoms in total. The summed E-state index contributed by atoms with van der Waals surface area (Å²) in [5.74, 6) is -2.21. The Morgan fingerprint density at radius 1 is 0.935 bits per heavy atom. The summed E-state index contributed by atoms with van der Waals surface area (Å²) in [6.45, 7) is 5.33. The van der Waals surface area contributed by atoms with Crippen LogP contribution in [-0.4, -0.2) is 19.3 Å². The van der Waals surface area contributed by atoms with Crippen LogP contribution in [0.25, 0.3) is 11.1 Å². The molecule has 1 heterocycles. The first-order chi connectivity index (χ1) is 15.0. The summed E-state index contributed by atoms with van der Waals surface area (Å²) in [5, 5.41) is 0. The van der Waals surface area contributed by atoms with E-state index in [1.54, 1.807) is 18.2 Å². The van der Waals surface area contributed by atoms with Crippen molar-refractivity contribution in [2.75, 3.05) is 13.2 Å². The molecule has 2 aromatic carbocycles. The molecule has 170 valence electrons. The molecule has 1 aliphatic heterocycles. The molecule has 0 N–H and O–H groups in total. The highest BCUT2D eigenvalue weighted by Crippen LogP contribution is 2.34. The lowest BCUT2D eigenvalue weighted by Gasteiger charge is -2.29. The van der Waals surface area contributed by atoms with Gasteiger partial charge in [-0.15, -0.1) is 0 Å². The van der Waals surface area contributed by atoms with Gasteiger partial charge in [0.2, 0.25) is 0 Å². The average molecular weight is 435 g/mol. The van der Waals surface area contributed by atoms with Crippen LogP contribution in [0, 0.1) is 17.5 Å². The molecule has 0 radical (unpaired) electrons. The topological polar surface area (TPSA) is 18.5 Å². The van der Waals surface area contributed by atoms with Crippen LogP contribution in [0.3, 0.4) is 0 Å². The molecule has 0 amide bonds. The molecule has 2 atom stereocenters. The van der Waals surface area contributed by atoms with E-state index in [0.29, 0.717) is 36.1 Å². The van der Waals surface area contributed by atoms with Gasteiger partial charge < -0.3 is 9.47 Å². The van der Waals surface area contributed by atoms with Crippen LogP contribution < -0.4 is 0 Å². The Labute approximate surface area is 183 Å². The van der Waals surface area contributed by atoms with Crippen molar-refractivity contribution < 1.29 is 22.6 Å². The summed E-state index contributed by atoms with van der Waals surface area (Å²) in [4.78, 5) is 0. The van der Waals surface area contributed by atoms with Gasteiger partial charge in [0, 0.05) is 17.7 Å². The molecule has 0 bridgehead atoms. The fourth-order valence-corrected chi connectivity index (χ4v) is 4.03. The van der Waals surface area contributed by atoms with Crippen LogP contribution in [0.2, 0.25) is 0 Å². The first-order valence-electron chi connectivity index (χ1n) is 11.5. The molecule has 0 aromatic heterocycles. The van der Waals surface area contributed by atoms with E-state index in [4.69, 9.17) is 9.47 Å². The zero-order valence-corrected chi connectivity index (χ0v) is 18.6. The Kier molecular flexibility index (Phi) is 8.97. The second-order valence-corrected chi connectivity index (χ2v) is 8.34. The molecule has 1 fully saturated rings. The van der Waals surface area contributed by atoms with E-state index in [1.165, 1.54) is 12.1 Å². The van der Waals surface area contributed by atoms with Gasteiger partial charge in [-0.1, -0.05) is 57.4 Å². The zero-order chi connectivity index (χ0) is 22.2. The van der Waals surface area contributed by atoms with Crippen LogP contribution in [0.15, 0.2) is 30.3 Å². The number of rotatable bonds is 10. The minimum absolute atomic E-state index is 0.0544. The summed E-state index contributed by atoms with van der Waals surface area (Å²) < 4.78 is 55.6. The van der Waals surface area contributed by atoms with Crippen molar-refractivity contribution in [2.24, 2.45) is 0 Å². The molecular weight excluding hydrogens is 401 g/mol. The first kappa shape index (κ1) is 23.8. The average Bonchev–Trinajstić information content (AvgIpc) is 2.78. The van der Waals surface area contributed by atoms with Crippen LogP contribution in [0.1, 0.15) is 76.0 Å². The van der Waals surface area contributed by atoms with Crippen molar-refractivity contribution in [3.63, 3.8) is 0 Å². The van der Waals surface area contributed by atoms with Crippen molar-refractivity contribution in [1.82, 2.24) is 0 Å². The molecule has 3 rings (SSSR count). The highest BCUT2D eigenvalue weighted by Gasteiger charge is 2.26. The number of aryl methyl sites for hydroxylation is 1. The lowest BCUT2D eigenvalue weighted by molar-refractivity contribution is -0.0881. The fourth-order valence-electron chi connectivity index (χ4n) is 4.03. The summed E-state index contributed by atoms with van der Waals surface area (Å²) in [5.41, 5.74) is 1.22. The maximum absolute atomic E-state index is 14.9. The molecule has 0 aliphatic carbocycles. The number of ether oxygens (including phenoxy) is 2. The summed E-state index contributed by atoms with van der Waals surface area (Å²) >= 11 is 0. The number of benzene rings is 2. The lowest BCUT2D eigenvalue weighted by atomic mass is 9.95. The standard InChI is InChI=1S/C26H33F3O2/c1-3-5-7-15-30-20-11-14-24(31-17-20)22-13-10-19(16-23(22)27)21-12-9-18(8-6-4-2)25(28)26(21)29/h9-10,12-13,16,20,24H,3-8,11,14-15,17H2,1-2H3. The summed E-state index contributed by atoms with van der Waals surface area (Å²) in [6, 6.07) is 7.67. The normalized spacial score (nSPS) is 19.0. The van der Waals surface area contributed by atoms with Crippen molar-refractivity contribution in [3.05, 3.63) is 58.9 Å². The molecular formula is C26H33F3O2. The third kappa shape index (κ3) is 6.11. The van der Waals surface area contributed by atoms with E-state index in [9.17, 15) is 13.2 Å². The monoisotopic (exact) mass is 434 g/mol. The van der Waals surface area contributed by atoms with Crippen LogP contribution in [-0.2, 0) is 15.9 Å². The fraction of sp³-hybridized carbons (Fsp3) is 0.538. The van der Waals surface area contributed by atoms with Gasteiger partial charge in [-0.2, -0.15) is 0 Å². The van der Waals surface area contributed by atoms with E-state index in [1.807, 2.05) is 6.92 Å². The first-order valence-corrected chi connectivity index (χ1v) is 11.5. The number of hydrogen-bond acceptors (Lipinski definition) is 2. The summed E-state index contributed by atoms with van der Waals surface area (Å²) in [6.07, 6.45) is 6.75. The zero-order valence-electron chi connectivity index (χ0n) is 18.6. The van der Waals surface area contributed by atoms with Gasteiger partial charge in [0.1, 0.15) is 5.82 Å². The Hall–Kier alpha value is -1.85. The summed E-state index contributed by atoms with van der Waals surface area (Å²) in [7, 11) is 0. The predicted molar refractivity (Wildman–Crippen MR) is 118 cm³/mol. The predicted octanol–water partition coefficient (Wildman–Crippen LogP) is 7.54. The quantitative estimate of drug-likeness (QED) is 0.360. The number of hydrogen-bond donors (Lipinski definition) is 0. The van der Waals surface area contributed by atoms with Gasteiger partial charge in [-0.3, -0.25) is 0 Å². The van der Waals surface area contributed by atoms with Gasteiger partial charge in [0.05, 0.1) is 18.8 Å². The van der Waals surface area contributed by atoms with Gasteiger partial charge in [-0.25, -0.2) is 13.2 Å². The maximum atomic E-state index is 14.9. The minimum atomic E-state index is -0.919. The molecule has 0 spiro atoms. The van der Waals surface area contributed by atoms with Gasteiger partial charge in [0.15, 0.2) is 11.6 Å². The van der Waals surface area contributed by atoms with Crippen molar-refractivity contribution in [3.8, 4) is 11.1 Å². The third-order valence-corrected chi connectivity index (χ3v) is 5.96. The Morgan fingerprint density at radius 3 is 2.42 bits per heavy atom.